The zero-order valence-corrected chi connectivity index (χ0v) is 15.3. The van der Waals surface area contributed by atoms with E-state index >= 15 is 0 Å². The first-order valence-electron chi connectivity index (χ1n) is 8.01. The van der Waals surface area contributed by atoms with Crippen LogP contribution >= 0.6 is 23.2 Å². The van der Waals surface area contributed by atoms with Gasteiger partial charge in [-0.1, -0.05) is 23.2 Å². The molecule has 0 radical (unpaired) electrons. The predicted molar refractivity (Wildman–Crippen MR) is 97.8 cm³/mol. The number of halogens is 2. The molecule has 1 aliphatic heterocycles. The maximum atomic E-state index is 11.8. The summed E-state index contributed by atoms with van der Waals surface area (Å²) in [7, 11) is 3.61. The molecular weight excluding hydrogens is 347 g/mol. The lowest BCUT2D eigenvalue weighted by Gasteiger charge is -2.32. The Labute approximate surface area is 151 Å². The van der Waals surface area contributed by atoms with Crippen molar-refractivity contribution in [1.82, 2.24) is 14.9 Å². The van der Waals surface area contributed by atoms with Gasteiger partial charge in [0.1, 0.15) is 5.82 Å². The Hall–Kier alpha value is -1.59. The Kier molecular flexibility index (Phi) is 5.11. The molecule has 24 heavy (non-hydrogen) atoms. The van der Waals surface area contributed by atoms with Crippen molar-refractivity contribution in [3.8, 4) is 0 Å². The highest BCUT2D eigenvalue weighted by Crippen LogP contribution is 2.28. The van der Waals surface area contributed by atoms with Gasteiger partial charge in [0.2, 0.25) is 5.91 Å². The molecule has 1 aromatic heterocycles. The molecule has 1 amide bonds. The summed E-state index contributed by atoms with van der Waals surface area (Å²) in [5.41, 5.74) is 1.48. The largest absolute Gasteiger partial charge is 0.355 e. The highest BCUT2D eigenvalue weighted by atomic mass is 35.5. The lowest BCUT2D eigenvalue weighted by atomic mass is 9.93. The van der Waals surface area contributed by atoms with Crippen LogP contribution in [0.25, 0.3) is 11.0 Å². The molecule has 1 aliphatic rings. The van der Waals surface area contributed by atoms with Gasteiger partial charge in [-0.3, -0.25) is 9.78 Å². The summed E-state index contributed by atoms with van der Waals surface area (Å²) < 4.78 is 0. The second-order valence-electron chi connectivity index (χ2n) is 6.41. The molecule has 2 heterocycles. The molecule has 0 N–H and O–H groups in total. The van der Waals surface area contributed by atoms with Gasteiger partial charge in [0.25, 0.3) is 0 Å². The number of hydrogen-bond donors (Lipinski definition) is 0. The average Bonchev–Trinajstić information content (AvgIpc) is 2.56. The molecule has 0 spiro atoms. The van der Waals surface area contributed by atoms with Crippen LogP contribution < -0.4 is 4.90 Å². The van der Waals surface area contributed by atoms with Gasteiger partial charge < -0.3 is 9.80 Å². The van der Waals surface area contributed by atoms with Crippen molar-refractivity contribution in [2.24, 2.45) is 5.92 Å². The number of nitrogens with zero attached hydrogens (tertiary/aromatic N) is 4. The van der Waals surface area contributed by atoms with Gasteiger partial charge in [-0.15, -0.1) is 0 Å². The molecule has 2 aromatic rings. The van der Waals surface area contributed by atoms with E-state index in [4.69, 9.17) is 23.2 Å². The molecule has 3 rings (SSSR count). The summed E-state index contributed by atoms with van der Waals surface area (Å²) in [6.45, 7) is 1.76. The van der Waals surface area contributed by atoms with Crippen molar-refractivity contribution in [3.05, 3.63) is 28.4 Å². The van der Waals surface area contributed by atoms with E-state index in [-0.39, 0.29) is 5.91 Å². The number of anilines is 1. The van der Waals surface area contributed by atoms with Gasteiger partial charge in [-0.25, -0.2) is 4.98 Å². The highest BCUT2D eigenvalue weighted by molar-refractivity contribution is 6.42. The summed E-state index contributed by atoms with van der Waals surface area (Å²) in [5.74, 6) is 1.49. The number of benzene rings is 1. The number of fused-ring (bicyclic) bond motifs is 1. The summed E-state index contributed by atoms with van der Waals surface area (Å²) >= 11 is 12.1. The van der Waals surface area contributed by atoms with Crippen molar-refractivity contribution < 1.29 is 4.79 Å². The Bertz CT molecular complexity index is 758. The van der Waals surface area contributed by atoms with Crippen molar-refractivity contribution in [2.75, 3.05) is 32.1 Å². The highest BCUT2D eigenvalue weighted by Gasteiger charge is 2.23. The Morgan fingerprint density at radius 1 is 1.21 bits per heavy atom. The predicted octanol–water partition coefficient (Wildman–Crippen LogP) is 3.63. The first-order valence-corrected chi connectivity index (χ1v) is 8.76. The number of piperidine rings is 1. The first kappa shape index (κ1) is 17.2. The summed E-state index contributed by atoms with van der Waals surface area (Å²) in [6, 6.07) is 3.48. The minimum absolute atomic E-state index is 0.200. The zero-order valence-electron chi connectivity index (χ0n) is 13.8. The topological polar surface area (TPSA) is 49.3 Å². The molecule has 0 aliphatic carbocycles. The average molecular weight is 367 g/mol. The van der Waals surface area contributed by atoms with E-state index in [9.17, 15) is 4.79 Å². The van der Waals surface area contributed by atoms with Crippen molar-refractivity contribution >= 4 is 46.0 Å². The van der Waals surface area contributed by atoms with Gasteiger partial charge in [0.05, 0.1) is 27.3 Å². The number of carbonyl (C=O) groups is 1. The molecule has 128 valence electrons. The molecular formula is C17H20Cl2N4O. The second-order valence-corrected chi connectivity index (χ2v) is 7.22. The lowest BCUT2D eigenvalue weighted by Crippen LogP contribution is -2.36. The van der Waals surface area contributed by atoms with Gasteiger partial charge >= 0.3 is 0 Å². The lowest BCUT2D eigenvalue weighted by molar-refractivity contribution is -0.129. The molecule has 1 aromatic carbocycles. The molecule has 0 unspecified atom stereocenters. The molecule has 1 fully saturated rings. The Balaban J connectivity index is 1.69. The molecule has 0 saturated carbocycles. The number of hydrogen-bond acceptors (Lipinski definition) is 4. The van der Waals surface area contributed by atoms with E-state index in [1.54, 1.807) is 37.3 Å². The van der Waals surface area contributed by atoms with Crippen LogP contribution in [0.2, 0.25) is 10.0 Å². The maximum absolute atomic E-state index is 11.8. The summed E-state index contributed by atoms with van der Waals surface area (Å²) in [4.78, 5) is 24.8. The van der Waals surface area contributed by atoms with Crippen molar-refractivity contribution in [1.29, 1.82) is 0 Å². The second kappa shape index (κ2) is 7.11. The van der Waals surface area contributed by atoms with Crippen LogP contribution in [0.15, 0.2) is 18.3 Å². The van der Waals surface area contributed by atoms with Crippen LogP contribution in [-0.2, 0) is 4.79 Å². The smallest absolute Gasteiger partial charge is 0.222 e. The van der Waals surface area contributed by atoms with E-state index in [1.165, 1.54) is 0 Å². The molecule has 7 heteroatoms. The molecule has 5 nitrogen and oxygen atoms in total. The van der Waals surface area contributed by atoms with E-state index in [2.05, 4.69) is 14.9 Å². The van der Waals surface area contributed by atoms with E-state index in [0.717, 1.165) is 42.8 Å². The third kappa shape index (κ3) is 3.73. The van der Waals surface area contributed by atoms with Crippen molar-refractivity contribution in [2.45, 2.75) is 19.3 Å². The summed E-state index contributed by atoms with van der Waals surface area (Å²) in [5, 5.41) is 0.967. The molecule has 0 bridgehead atoms. The maximum Gasteiger partial charge on any atom is 0.222 e. The quantitative estimate of drug-likeness (QED) is 0.831. The fraction of sp³-hybridized carbons (Fsp3) is 0.471. The van der Waals surface area contributed by atoms with Crippen LogP contribution in [0.1, 0.15) is 19.3 Å². The Morgan fingerprint density at radius 3 is 2.46 bits per heavy atom. The monoisotopic (exact) mass is 366 g/mol. The van der Waals surface area contributed by atoms with Crippen LogP contribution in [-0.4, -0.2) is 48.0 Å². The van der Waals surface area contributed by atoms with E-state index < -0.39 is 0 Å². The first-order chi connectivity index (χ1) is 11.4. The van der Waals surface area contributed by atoms with Gasteiger partial charge in [0, 0.05) is 33.6 Å². The van der Waals surface area contributed by atoms with Gasteiger partial charge in [0.15, 0.2) is 0 Å². The number of amides is 1. The van der Waals surface area contributed by atoms with Gasteiger partial charge in [-0.2, -0.15) is 0 Å². The minimum atomic E-state index is 0.200. The van der Waals surface area contributed by atoms with Crippen molar-refractivity contribution in [3.63, 3.8) is 0 Å². The van der Waals surface area contributed by atoms with Crippen LogP contribution in [0.5, 0.6) is 0 Å². The zero-order chi connectivity index (χ0) is 17.3. The number of aromatic nitrogens is 2. The van der Waals surface area contributed by atoms with Gasteiger partial charge in [-0.05, 0) is 30.9 Å². The molecule has 0 atom stereocenters. The SMILES string of the molecule is CN(C)C(=O)CC1CCN(c2cnc3cc(Cl)c(Cl)cc3n2)CC1. The van der Waals surface area contributed by atoms with Crippen LogP contribution in [0, 0.1) is 5.92 Å². The van der Waals surface area contributed by atoms with E-state index in [0.29, 0.717) is 22.4 Å². The third-order valence-electron chi connectivity index (χ3n) is 4.47. The number of rotatable bonds is 3. The van der Waals surface area contributed by atoms with Crippen LogP contribution in [0.3, 0.4) is 0 Å². The fourth-order valence-electron chi connectivity index (χ4n) is 2.95. The standard InChI is InChI=1S/C17H20Cl2N4O/c1-22(2)17(24)7-11-3-5-23(6-4-11)16-10-20-14-8-12(18)13(19)9-15(14)21-16/h8-11H,3-7H2,1-2H3. The molecule has 1 saturated heterocycles. The van der Waals surface area contributed by atoms with E-state index in [1.807, 2.05) is 0 Å². The Morgan fingerprint density at radius 2 is 1.83 bits per heavy atom. The minimum Gasteiger partial charge on any atom is -0.355 e. The fourth-order valence-corrected chi connectivity index (χ4v) is 3.26. The van der Waals surface area contributed by atoms with Crippen LogP contribution in [0.4, 0.5) is 5.82 Å². The number of carbonyl (C=O) groups excluding carboxylic acids is 1. The normalized spacial score (nSPS) is 15.8. The third-order valence-corrected chi connectivity index (χ3v) is 5.19. The summed E-state index contributed by atoms with van der Waals surface area (Å²) in [6.07, 6.45) is 4.37.